The molecule has 1 rings (SSSR count). The van der Waals surface area contributed by atoms with E-state index in [0.29, 0.717) is 0 Å². The van der Waals surface area contributed by atoms with Crippen molar-refractivity contribution < 1.29 is 4.79 Å². The van der Waals surface area contributed by atoms with Gasteiger partial charge in [0.25, 0.3) is 0 Å². The quantitative estimate of drug-likeness (QED) is 0.740. The normalized spacial score (nSPS) is 19.8. The molecule has 0 aliphatic carbocycles. The third-order valence-corrected chi connectivity index (χ3v) is 5.28. The summed E-state index contributed by atoms with van der Waals surface area (Å²) in [6.45, 7) is 10.9. The summed E-state index contributed by atoms with van der Waals surface area (Å²) in [6, 6.07) is -0.275. The minimum absolute atomic E-state index is 0.178. The second-order valence-electron chi connectivity index (χ2n) is 7.32. The molecule has 1 fully saturated rings. The highest BCUT2D eigenvalue weighted by molar-refractivity contribution is 5.81. The van der Waals surface area contributed by atoms with Gasteiger partial charge in [0, 0.05) is 13.1 Å². The highest BCUT2D eigenvalue weighted by atomic mass is 16.2. The predicted octanol–water partition coefficient (Wildman–Crippen LogP) is 3.81. The standard InChI is InChI=1S/C18H36N2O/c1-5-6-7-17(19)18(21)20-12-10-16(11-13-20)9-8-15(4)14(2)3/h14-17H,5-13,19H2,1-4H3. The van der Waals surface area contributed by atoms with E-state index >= 15 is 0 Å². The van der Waals surface area contributed by atoms with Crippen LogP contribution in [0.4, 0.5) is 0 Å². The van der Waals surface area contributed by atoms with Crippen LogP contribution < -0.4 is 5.73 Å². The van der Waals surface area contributed by atoms with E-state index in [1.165, 1.54) is 12.8 Å². The van der Waals surface area contributed by atoms with Gasteiger partial charge in [0.2, 0.25) is 5.91 Å². The first-order valence-corrected chi connectivity index (χ1v) is 9.00. The minimum atomic E-state index is -0.275. The number of hydrogen-bond acceptors (Lipinski definition) is 2. The van der Waals surface area contributed by atoms with Crippen molar-refractivity contribution in [2.24, 2.45) is 23.5 Å². The van der Waals surface area contributed by atoms with Crippen molar-refractivity contribution in [2.75, 3.05) is 13.1 Å². The van der Waals surface area contributed by atoms with Crippen molar-refractivity contribution in [2.45, 2.75) is 78.7 Å². The van der Waals surface area contributed by atoms with Crippen molar-refractivity contribution in [1.82, 2.24) is 4.90 Å². The molecule has 0 radical (unpaired) electrons. The molecule has 0 aromatic carbocycles. The maximum atomic E-state index is 12.3. The molecule has 0 bridgehead atoms. The van der Waals surface area contributed by atoms with Gasteiger partial charge in [-0.3, -0.25) is 4.79 Å². The number of piperidine rings is 1. The molecule has 2 unspecified atom stereocenters. The average Bonchev–Trinajstić information content (AvgIpc) is 2.49. The molecule has 2 atom stereocenters. The van der Waals surface area contributed by atoms with Crippen LogP contribution in [0.25, 0.3) is 0 Å². The Bertz CT molecular complexity index is 296. The minimum Gasteiger partial charge on any atom is -0.341 e. The molecule has 2 N–H and O–H groups in total. The van der Waals surface area contributed by atoms with E-state index in [9.17, 15) is 4.79 Å². The lowest BCUT2D eigenvalue weighted by Crippen LogP contribution is -2.47. The van der Waals surface area contributed by atoms with Crippen molar-refractivity contribution >= 4 is 5.91 Å². The Hall–Kier alpha value is -0.570. The molecule has 21 heavy (non-hydrogen) atoms. The van der Waals surface area contributed by atoms with Gasteiger partial charge in [-0.2, -0.15) is 0 Å². The lowest BCUT2D eigenvalue weighted by molar-refractivity contribution is -0.134. The van der Waals surface area contributed by atoms with Gasteiger partial charge in [0.05, 0.1) is 6.04 Å². The second-order valence-corrected chi connectivity index (χ2v) is 7.32. The number of nitrogens with zero attached hydrogens (tertiary/aromatic N) is 1. The molecule has 1 aliphatic rings. The summed E-state index contributed by atoms with van der Waals surface area (Å²) >= 11 is 0. The smallest absolute Gasteiger partial charge is 0.239 e. The predicted molar refractivity (Wildman–Crippen MR) is 90.0 cm³/mol. The van der Waals surface area contributed by atoms with Gasteiger partial charge in [-0.05, 0) is 37.0 Å². The highest BCUT2D eigenvalue weighted by Gasteiger charge is 2.26. The molecule has 0 aromatic heterocycles. The van der Waals surface area contributed by atoms with Gasteiger partial charge in [-0.25, -0.2) is 0 Å². The molecule has 1 amide bonds. The maximum Gasteiger partial charge on any atom is 0.239 e. The number of hydrogen-bond donors (Lipinski definition) is 1. The fourth-order valence-electron chi connectivity index (χ4n) is 3.06. The first kappa shape index (κ1) is 18.5. The molecule has 124 valence electrons. The highest BCUT2D eigenvalue weighted by Crippen LogP contribution is 2.26. The lowest BCUT2D eigenvalue weighted by atomic mass is 9.85. The first-order chi connectivity index (χ1) is 9.95. The summed E-state index contributed by atoms with van der Waals surface area (Å²) in [7, 11) is 0. The number of likely N-dealkylation sites (tertiary alicyclic amines) is 1. The van der Waals surface area contributed by atoms with Crippen LogP contribution in [0.5, 0.6) is 0 Å². The molecule has 0 aromatic rings. The molecule has 0 spiro atoms. The van der Waals surface area contributed by atoms with Crippen LogP contribution in [0, 0.1) is 17.8 Å². The molecule has 1 aliphatic heterocycles. The van der Waals surface area contributed by atoms with Crippen LogP contribution in [0.3, 0.4) is 0 Å². The van der Waals surface area contributed by atoms with Gasteiger partial charge in [-0.15, -0.1) is 0 Å². The van der Waals surface area contributed by atoms with E-state index in [2.05, 4.69) is 27.7 Å². The Kier molecular flexibility index (Phi) is 8.31. The van der Waals surface area contributed by atoms with Crippen molar-refractivity contribution in [3.8, 4) is 0 Å². The van der Waals surface area contributed by atoms with Crippen molar-refractivity contribution in [1.29, 1.82) is 0 Å². The van der Waals surface area contributed by atoms with Crippen LogP contribution in [-0.4, -0.2) is 29.9 Å². The zero-order chi connectivity index (χ0) is 15.8. The summed E-state index contributed by atoms with van der Waals surface area (Å²) in [5, 5.41) is 0. The summed E-state index contributed by atoms with van der Waals surface area (Å²) in [6.07, 6.45) is 7.97. The zero-order valence-electron chi connectivity index (χ0n) is 14.6. The largest absolute Gasteiger partial charge is 0.341 e. The van der Waals surface area contributed by atoms with Crippen LogP contribution in [-0.2, 0) is 4.79 Å². The first-order valence-electron chi connectivity index (χ1n) is 9.00. The fraction of sp³-hybridized carbons (Fsp3) is 0.944. The van der Waals surface area contributed by atoms with E-state index in [-0.39, 0.29) is 11.9 Å². The molecule has 3 heteroatoms. The second kappa shape index (κ2) is 9.45. The molecule has 3 nitrogen and oxygen atoms in total. The maximum absolute atomic E-state index is 12.3. The number of nitrogens with two attached hydrogens (primary N) is 1. The SMILES string of the molecule is CCCCC(N)C(=O)N1CCC(CCC(C)C(C)C)CC1. The van der Waals surface area contributed by atoms with Gasteiger partial charge in [0.15, 0.2) is 0 Å². The van der Waals surface area contributed by atoms with E-state index in [4.69, 9.17) is 5.73 Å². The number of unbranched alkanes of at least 4 members (excludes halogenated alkanes) is 1. The summed E-state index contributed by atoms with van der Waals surface area (Å²) < 4.78 is 0. The summed E-state index contributed by atoms with van der Waals surface area (Å²) in [5.74, 6) is 2.58. The topological polar surface area (TPSA) is 46.3 Å². The number of amides is 1. The van der Waals surface area contributed by atoms with E-state index in [1.54, 1.807) is 0 Å². The van der Waals surface area contributed by atoms with Crippen LogP contribution in [0.15, 0.2) is 0 Å². The van der Waals surface area contributed by atoms with Gasteiger partial charge in [0.1, 0.15) is 0 Å². The van der Waals surface area contributed by atoms with Gasteiger partial charge < -0.3 is 10.6 Å². The van der Waals surface area contributed by atoms with Crippen LogP contribution >= 0.6 is 0 Å². The number of carbonyl (C=O) groups is 1. The van der Waals surface area contributed by atoms with Crippen LogP contribution in [0.1, 0.15) is 72.6 Å². The van der Waals surface area contributed by atoms with Gasteiger partial charge >= 0.3 is 0 Å². The monoisotopic (exact) mass is 296 g/mol. The summed E-state index contributed by atoms with van der Waals surface area (Å²) in [4.78, 5) is 14.3. The molecule has 0 saturated carbocycles. The Morgan fingerprint density at radius 1 is 1.19 bits per heavy atom. The van der Waals surface area contributed by atoms with E-state index in [0.717, 1.165) is 62.9 Å². The van der Waals surface area contributed by atoms with E-state index in [1.807, 2.05) is 4.90 Å². The Labute approximate surface area is 131 Å². The molecular weight excluding hydrogens is 260 g/mol. The third kappa shape index (κ3) is 6.37. The Morgan fingerprint density at radius 3 is 2.33 bits per heavy atom. The third-order valence-electron chi connectivity index (χ3n) is 5.28. The summed E-state index contributed by atoms with van der Waals surface area (Å²) in [5.41, 5.74) is 6.01. The van der Waals surface area contributed by atoms with Crippen molar-refractivity contribution in [3.63, 3.8) is 0 Å². The number of rotatable bonds is 8. The number of carbonyl (C=O) groups excluding carboxylic acids is 1. The fourth-order valence-corrected chi connectivity index (χ4v) is 3.06. The lowest BCUT2D eigenvalue weighted by Gasteiger charge is -2.34. The Morgan fingerprint density at radius 2 is 1.81 bits per heavy atom. The zero-order valence-corrected chi connectivity index (χ0v) is 14.6. The average molecular weight is 296 g/mol. The van der Waals surface area contributed by atoms with Crippen LogP contribution in [0.2, 0.25) is 0 Å². The van der Waals surface area contributed by atoms with Crippen molar-refractivity contribution in [3.05, 3.63) is 0 Å². The molecular formula is C18H36N2O. The van der Waals surface area contributed by atoms with E-state index < -0.39 is 0 Å². The van der Waals surface area contributed by atoms with Gasteiger partial charge in [-0.1, -0.05) is 53.4 Å². The molecule has 1 heterocycles. The molecule has 1 saturated heterocycles. The Balaban J connectivity index is 2.26.